The van der Waals surface area contributed by atoms with Crippen LogP contribution in [0.3, 0.4) is 0 Å². The molecule has 2 N–H and O–H groups in total. The van der Waals surface area contributed by atoms with E-state index in [2.05, 4.69) is 34.6 Å². The number of β-amino-alcohol motifs (C(OH)–C–C–N with tert-alkyl or cyclic N) is 1. The molecule has 0 amide bonds. The molecule has 1 atom stereocenters. The van der Waals surface area contributed by atoms with Gasteiger partial charge in [0.15, 0.2) is 0 Å². The van der Waals surface area contributed by atoms with Crippen molar-refractivity contribution in [3.8, 4) is 0 Å². The molecule has 0 fully saturated rings. The van der Waals surface area contributed by atoms with E-state index in [0.717, 1.165) is 5.84 Å². The predicted octanol–water partition coefficient (Wildman–Crippen LogP) is 2.60. The molecule has 110 valence electrons. The minimum absolute atomic E-state index is 0. The van der Waals surface area contributed by atoms with Crippen LogP contribution in [0.1, 0.15) is 17.0 Å². The minimum atomic E-state index is -0.383. The molecule has 0 radical (unpaired) electrons. The number of benzene rings is 2. The Balaban J connectivity index is 0.00000161. The summed E-state index contributed by atoms with van der Waals surface area (Å²) in [5.74, 6) is 1.04. The maximum absolute atomic E-state index is 9.58. The van der Waals surface area contributed by atoms with Gasteiger partial charge in [0.1, 0.15) is 5.84 Å². The Morgan fingerprint density at radius 2 is 1.48 bits per heavy atom. The monoisotopic (exact) mass is 302 g/mol. The maximum atomic E-state index is 9.58. The maximum Gasteiger partial charge on any atom is 0.109 e. The summed E-state index contributed by atoms with van der Waals surface area (Å²) in [7, 11) is 0. The Kier molecular flexibility index (Phi) is 5.37. The van der Waals surface area contributed by atoms with Gasteiger partial charge in [-0.25, -0.2) is 0 Å². The fourth-order valence-electron chi connectivity index (χ4n) is 2.54. The third-order valence-corrected chi connectivity index (χ3v) is 3.53. The van der Waals surface area contributed by atoms with Crippen molar-refractivity contribution in [1.29, 1.82) is 0 Å². The second-order valence-electron chi connectivity index (χ2n) is 5.02. The van der Waals surface area contributed by atoms with Crippen molar-refractivity contribution < 1.29 is 5.11 Å². The van der Waals surface area contributed by atoms with Gasteiger partial charge in [0, 0.05) is 6.54 Å². The Morgan fingerprint density at radius 1 is 0.952 bits per heavy atom. The molecule has 1 heterocycles. The number of halogens is 1. The van der Waals surface area contributed by atoms with E-state index in [1.807, 2.05) is 36.4 Å². The molecule has 0 saturated carbocycles. The van der Waals surface area contributed by atoms with E-state index in [-0.39, 0.29) is 24.4 Å². The zero-order valence-electron chi connectivity index (χ0n) is 11.6. The Labute approximate surface area is 131 Å². The fraction of sp³-hybridized carbons (Fsp3) is 0.235. The Bertz CT molecular complexity index is 547. The number of aliphatic hydroxyl groups excluding tert-OH is 1. The van der Waals surface area contributed by atoms with Gasteiger partial charge in [-0.15, -0.1) is 12.4 Å². The van der Waals surface area contributed by atoms with Crippen molar-refractivity contribution in [3.63, 3.8) is 0 Å². The zero-order valence-corrected chi connectivity index (χ0v) is 12.5. The summed E-state index contributed by atoms with van der Waals surface area (Å²) in [6, 6.07) is 20.7. The number of hydrogen-bond acceptors (Lipinski definition) is 3. The van der Waals surface area contributed by atoms with Gasteiger partial charge in [0.25, 0.3) is 0 Å². The molecule has 3 rings (SSSR count). The van der Waals surface area contributed by atoms with Crippen molar-refractivity contribution in [2.75, 3.05) is 13.1 Å². The number of aliphatic hydroxyl groups is 1. The SMILES string of the molecule is Cl.OC1CN=C(C(c2ccccc2)c2ccccc2)NC1. The first kappa shape index (κ1) is 15.5. The molecule has 1 unspecified atom stereocenters. The first-order valence-electron chi connectivity index (χ1n) is 6.91. The number of nitrogens with zero attached hydrogens (tertiary/aromatic N) is 1. The summed E-state index contributed by atoms with van der Waals surface area (Å²) >= 11 is 0. The molecule has 4 heteroatoms. The molecule has 0 aromatic heterocycles. The average molecular weight is 303 g/mol. The minimum Gasteiger partial charge on any atom is -0.389 e. The first-order chi connectivity index (χ1) is 9.84. The Hall–Kier alpha value is -1.84. The Morgan fingerprint density at radius 3 is 1.90 bits per heavy atom. The molecule has 1 aliphatic rings. The van der Waals surface area contributed by atoms with E-state index >= 15 is 0 Å². The van der Waals surface area contributed by atoms with Crippen LogP contribution in [0.25, 0.3) is 0 Å². The van der Waals surface area contributed by atoms with Gasteiger partial charge >= 0.3 is 0 Å². The van der Waals surface area contributed by atoms with E-state index in [0.29, 0.717) is 13.1 Å². The lowest BCUT2D eigenvalue weighted by Gasteiger charge is -2.26. The summed E-state index contributed by atoms with van der Waals surface area (Å²) < 4.78 is 0. The summed E-state index contributed by atoms with van der Waals surface area (Å²) in [6.07, 6.45) is -0.383. The number of rotatable bonds is 3. The number of aliphatic imine (C=N–C) groups is 1. The van der Waals surface area contributed by atoms with Gasteiger partial charge in [0.05, 0.1) is 18.6 Å². The van der Waals surface area contributed by atoms with E-state index in [1.54, 1.807) is 0 Å². The molecule has 0 aliphatic carbocycles. The van der Waals surface area contributed by atoms with Crippen LogP contribution in [0, 0.1) is 0 Å². The highest BCUT2D eigenvalue weighted by molar-refractivity contribution is 5.92. The first-order valence-corrected chi connectivity index (χ1v) is 6.91. The standard InChI is InChI=1S/C17H18N2O.ClH/c20-15-11-18-17(19-12-15)16(13-7-3-1-4-8-13)14-9-5-2-6-10-14;/h1-10,15-16,20H,11-12H2,(H,18,19);1H. The van der Waals surface area contributed by atoms with Crippen LogP contribution in [0.2, 0.25) is 0 Å². The molecule has 2 aromatic rings. The lowest BCUT2D eigenvalue weighted by atomic mass is 9.89. The molecular formula is C17H19ClN2O. The van der Waals surface area contributed by atoms with Gasteiger partial charge in [-0.3, -0.25) is 4.99 Å². The van der Waals surface area contributed by atoms with Gasteiger partial charge in [-0.2, -0.15) is 0 Å². The number of amidine groups is 1. The average Bonchev–Trinajstić information content (AvgIpc) is 2.52. The van der Waals surface area contributed by atoms with Crippen LogP contribution in [0.15, 0.2) is 65.7 Å². The van der Waals surface area contributed by atoms with Gasteiger partial charge in [-0.05, 0) is 11.1 Å². The highest BCUT2D eigenvalue weighted by Crippen LogP contribution is 2.26. The smallest absolute Gasteiger partial charge is 0.109 e. The fourth-order valence-corrected chi connectivity index (χ4v) is 2.54. The third kappa shape index (κ3) is 3.63. The van der Waals surface area contributed by atoms with Gasteiger partial charge in [-0.1, -0.05) is 60.7 Å². The van der Waals surface area contributed by atoms with Crippen LogP contribution in [-0.2, 0) is 0 Å². The summed E-state index contributed by atoms with van der Waals surface area (Å²) in [5, 5.41) is 12.8. The van der Waals surface area contributed by atoms with E-state index in [1.165, 1.54) is 11.1 Å². The van der Waals surface area contributed by atoms with E-state index in [4.69, 9.17) is 0 Å². The molecule has 21 heavy (non-hydrogen) atoms. The van der Waals surface area contributed by atoms with Gasteiger partial charge < -0.3 is 10.4 Å². The largest absolute Gasteiger partial charge is 0.389 e. The lowest BCUT2D eigenvalue weighted by Crippen LogP contribution is -2.41. The molecule has 0 saturated heterocycles. The molecule has 3 nitrogen and oxygen atoms in total. The molecule has 1 aliphatic heterocycles. The zero-order chi connectivity index (χ0) is 13.8. The predicted molar refractivity (Wildman–Crippen MR) is 88.3 cm³/mol. The van der Waals surface area contributed by atoms with E-state index < -0.39 is 0 Å². The van der Waals surface area contributed by atoms with Crippen molar-refractivity contribution >= 4 is 18.2 Å². The summed E-state index contributed by atoms with van der Waals surface area (Å²) in [4.78, 5) is 4.52. The van der Waals surface area contributed by atoms with Crippen LogP contribution >= 0.6 is 12.4 Å². The van der Waals surface area contributed by atoms with E-state index in [9.17, 15) is 5.11 Å². The lowest BCUT2D eigenvalue weighted by molar-refractivity contribution is 0.181. The van der Waals surface area contributed by atoms with Crippen LogP contribution < -0.4 is 5.32 Å². The second kappa shape index (κ2) is 7.25. The van der Waals surface area contributed by atoms with Crippen molar-refractivity contribution in [3.05, 3.63) is 71.8 Å². The normalized spacial score (nSPS) is 17.6. The van der Waals surface area contributed by atoms with Crippen LogP contribution in [0.4, 0.5) is 0 Å². The van der Waals surface area contributed by atoms with Crippen molar-refractivity contribution in [2.45, 2.75) is 12.0 Å². The highest BCUT2D eigenvalue weighted by atomic mass is 35.5. The van der Waals surface area contributed by atoms with Crippen LogP contribution in [-0.4, -0.2) is 30.1 Å². The van der Waals surface area contributed by atoms with Crippen molar-refractivity contribution in [2.24, 2.45) is 4.99 Å². The second-order valence-corrected chi connectivity index (χ2v) is 5.02. The molecular weight excluding hydrogens is 284 g/mol. The van der Waals surface area contributed by atoms with Crippen LogP contribution in [0.5, 0.6) is 0 Å². The van der Waals surface area contributed by atoms with Crippen molar-refractivity contribution in [1.82, 2.24) is 5.32 Å². The molecule has 0 spiro atoms. The number of hydrogen-bond donors (Lipinski definition) is 2. The number of nitrogens with one attached hydrogen (secondary N) is 1. The third-order valence-electron chi connectivity index (χ3n) is 3.53. The highest BCUT2D eigenvalue weighted by Gasteiger charge is 2.23. The molecule has 2 aromatic carbocycles. The van der Waals surface area contributed by atoms with Gasteiger partial charge in [0.2, 0.25) is 0 Å². The topological polar surface area (TPSA) is 44.6 Å². The summed E-state index contributed by atoms with van der Waals surface area (Å²) in [6.45, 7) is 1.04. The quantitative estimate of drug-likeness (QED) is 0.915. The summed E-state index contributed by atoms with van der Waals surface area (Å²) in [5.41, 5.74) is 2.42. The molecule has 0 bridgehead atoms.